The van der Waals surface area contributed by atoms with Crippen LogP contribution in [0.1, 0.15) is 153 Å². The molecule has 0 saturated heterocycles. The van der Waals surface area contributed by atoms with Crippen molar-refractivity contribution in [3.05, 3.63) is 23.3 Å². The lowest BCUT2D eigenvalue weighted by Gasteiger charge is -2.13. The van der Waals surface area contributed by atoms with Gasteiger partial charge in [0.25, 0.3) is 0 Å². The molecule has 1 aromatic rings. The van der Waals surface area contributed by atoms with Gasteiger partial charge < -0.3 is 10.2 Å². The molecule has 0 unspecified atom stereocenters. The minimum absolute atomic E-state index is 0.0407. The van der Waals surface area contributed by atoms with E-state index in [0.29, 0.717) is 0 Å². The molecule has 0 aliphatic carbocycles. The normalized spacial score (nSPS) is 11.3. The Hall–Kier alpha value is -1.18. The molecule has 0 atom stereocenters. The fourth-order valence-corrected chi connectivity index (χ4v) is 4.77. The van der Waals surface area contributed by atoms with Crippen LogP contribution in [0.3, 0.4) is 0 Å². The van der Waals surface area contributed by atoms with Crippen molar-refractivity contribution in [2.24, 2.45) is 0 Å². The van der Waals surface area contributed by atoms with Crippen molar-refractivity contribution in [3.8, 4) is 11.5 Å². The summed E-state index contributed by atoms with van der Waals surface area (Å²) in [6.07, 6.45) is 28.6. The van der Waals surface area contributed by atoms with Gasteiger partial charge in [-0.2, -0.15) is 0 Å². The molecule has 186 valence electrons. The van der Waals surface area contributed by atoms with Crippen molar-refractivity contribution in [1.29, 1.82) is 0 Å². The van der Waals surface area contributed by atoms with E-state index in [0.717, 1.165) is 24.8 Å². The minimum atomic E-state index is 0.0407. The number of unbranched alkanes of at least 4 members (excludes halogenated alkanes) is 18. The Morgan fingerprint density at radius 1 is 0.469 bits per heavy atom. The number of hydrogen-bond acceptors (Lipinski definition) is 2. The summed E-state index contributed by atoms with van der Waals surface area (Å²) in [6, 6.07) is 3.71. The molecule has 0 saturated carbocycles. The SMILES string of the molecule is CCCCCCCCCCCCc1ccc(O)c(O)c1CCCCCCCCCCCC. The smallest absolute Gasteiger partial charge is 0.160 e. The Labute approximate surface area is 200 Å². The first-order valence-corrected chi connectivity index (χ1v) is 14.2. The van der Waals surface area contributed by atoms with E-state index in [1.54, 1.807) is 6.07 Å². The number of phenolic OH excluding ortho intramolecular Hbond substituents is 2. The molecule has 1 rings (SSSR count). The second-order valence-corrected chi connectivity index (χ2v) is 9.93. The Bertz CT molecular complexity index is 552. The van der Waals surface area contributed by atoms with Crippen LogP contribution >= 0.6 is 0 Å². The highest BCUT2D eigenvalue weighted by Gasteiger charge is 2.12. The quantitative estimate of drug-likeness (QED) is 0.137. The molecular weight excluding hydrogens is 392 g/mol. The molecule has 0 bridgehead atoms. The molecule has 0 spiro atoms. The average molecular weight is 447 g/mol. The molecule has 0 radical (unpaired) electrons. The molecule has 2 N–H and O–H groups in total. The number of benzene rings is 1. The highest BCUT2D eigenvalue weighted by Crippen LogP contribution is 2.33. The van der Waals surface area contributed by atoms with Crippen molar-refractivity contribution in [2.45, 2.75) is 155 Å². The standard InChI is InChI=1S/C30H54O2/c1-3-5-7-9-11-13-15-17-19-21-23-27-25-26-29(31)30(32)28(27)24-22-20-18-16-14-12-10-8-6-4-2/h25-26,31-32H,3-24H2,1-2H3. The molecule has 0 aliphatic rings. The molecule has 0 aliphatic heterocycles. The van der Waals surface area contributed by atoms with Crippen LogP contribution < -0.4 is 0 Å². The Kier molecular flexibility index (Phi) is 18.4. The van der Waals surface area contributed by atoms with Gasteiger partial charge in [-0.15, -0.1) is 0 Å². The van der Waals surface area contributed by atoms with Gasteiger partial charge in [0.2, 0.25) is 0 Å². The van der Waals surface area contributed by atoms with Gasteiger partial charge in [-0.1, -0.05) is 135 Å². The van der Waals surface area contributed by atoms with Gasteiger partial charge in [-0.3, -0.25) is 0 Å². The largest absolute Gasteiger partial charge is 0.504 e. The van der Waals surface area contributed by atoms with Crippen molar-refractivity contribution in [3.63, 3.8) is 0 Å². The summed E-state index contributed by atoms with van der Waals surface area (Å²) in [4.78, 5) is 0. The lowest BCUT2D eigenvalue weighted by molar-refractivity contribution is 0.397. The highest BCUT2D eigenvalue weighted by molar-refractivity contribution is 5.49. The molecule has 0 fully saturated rings. The second kappa shape index (κ2) is 20.4. The maximum absolute atomic E-state index is 10.4. The van der Waals surface area contributed by atoms with Gasteiger partial charge in [0.1, 0.15) is 0 Å². The predicted octanol–water partition coefficient (Wildman–Crippen LogP) is 10.0. The molecule has 32 heavy (non-hydrogen) atoms. The first-order valence-electron chi connectivity index (χ1n) is 14.2. The monoisotopic (exact) mass is 446 g/mol. The van der Waals surface area contributed by atoms with Crippen LogP contribution in [-0.4, -0.2) is 10.2 Å². The van der Waals surface area contributed by atoms with Gasteiger partial charge in [0.05, 0.1) is 0 Å². The van der Waals surface area contributed by atoms with E-state index in [2.05, 4.69) is 13.8 Å². The van der Waals surface area contributed by atoms with E-state index in [1.807, 2.05) is 6.07 Å². The lowest BCUT2D eigenvalue weighted by Crippen LogP contribution is -1.97. The Morgan fingerprint density at radius 2 is 0.844 bits per heavy atom. The number of aryl methyl sites for hydroxylation is 1. The number of rotatable bonds is 22. The molecular formula is C30H54O2. The highest BCUT2D eigenvalue weighted by atomic mass is 16.3. The van der Waals surface area contributed by atoms with Crippen LogP contribution in [0.4, 0.5) is 0 Å². The van der Waals surface area contributed by atoms with E-state index in [4.69, 9.17) is 0 Å². The lowest BCUT2D eigenvalue weighted by atomic mass is 9.95. The van der Waals surface area contributed by atoms with E-state index < -0.39 is 0 Å². The van der Waals surface area contributed by atoms with Gasteiger partial charge >= 0.3 is 0 Å². The van der Waals surface area contributed by atoms with Crippen LogP contribution in [0.5, 0.6) is 11.5 Å². The van der Waals surface area contributed by atoms with Crippen LogP contribution in [0.15, 0.2) is 12.1 Å². The summed E-state index contributed by atoms with van der Waals surface area (Å²) < 4.78 is 0. The van der Waals surface area contributed by atoms with Crippen LogP contribution in [0, 0.1) is 0 Å². The zero-order chi connectivity index (χ0) is 23.3. The molecule has 1 aromatic carbocycles. The first kappa shape index (κ1) is 28.9. The summed E-state index contributed by atoms with van der Waals surface area (Å²) in [5.41, 5.74) is 2.25. The molecule has 2 nitrogen and oxygen atoms in total. The summed E-state index contributed by atoms with van der Waals surface area (Å²) in [5, 5.41) is 20.4. The van der Waals surface area contributed by atoms with Crippen molar-refractivity contribution >= 4 is 0 Å². The minimum Gasteiger partial charge on any atom is -0.504 e. The zero-order valence-corrected chi connectivity index (χ0v) is 21.6. The molecule has 0 heterocycles. The van der Waals surface area contributed by atoms with E-state index in [-0.39, 0.29) is 11.5 Å². The van der Waals surface area contributed by atoms with Gasteiger partial charge in [0, 0.05) is 5.56 Å². The number of phenols is 2. The zero-order valence-electron chi connectivity index (χ0n) is 21.6. The summed E-state index contributed by atoms with van der Waals surface area (Å²) in [7, 11) is 0. The maximum atomic E-state index is 10.4. The number of hydrogen-bond donors (Lipinski definition) is 2. The van der Waals surface area contributed by atoms with E-state index >= 15 is 0 Å². The summed E-state index contributed by atoms with van der Waals surface area (Å²) in [5.74, 6) is 0.171. The second-order valence-electron chi connectivity index (χ2n) is 9.93. The molecule has 2 heteroatoms. The Balaban J connectivity index is 2.20. The average Bonchev–Trinajstić information content (AvgIpc) is 2.80. The van der Waals surface area contributed by atoms with Gasteiger partial charge in [-0.05, 0) is 37.3 Å². The fourth-order valence-electron chi connectivity index (χ4n) is 4.77. The summed E-state index contributed by atoms with van der Waals surface area (Å²) in [6.45, 7) is 4.55. The number of aromatic hydroxyl groups is 2. The fraction of sp³-hybridized carbons (Fsp3) is 0.800. The van der Waals surface area contributed by atoms with E-state index in [1.165, 1.54) is 128 Å². The third-order valence-electron chi connectivity index (χ3n) is 6.94. The van der Waals surface area contributed by atoms with Crippen LogP contribution in [-0.2, 0) is 12.8 Å². The van der Waals surface area contributed by atoms with Crippen LogP contribution in [0.25, 0.3) is 0 Å². The van der Waals surface area contributed by atoms with Crippen LogP contribution in [0.2, 0.25) is 0 Å². The van der Waals surface area contributed by atoms with Crippen molar-refractivity contribution in [2.75, 3.05) is 0 Å². The van der Waals surface area contributed by atoms with Crippen molar-refractivity contribution < 1.29 is 10.2 Å². The maximum Gasteiger partial charge on any atom is 0.160 e. The third kappa shape index (κ3) is 14.1. The van der Waals surface area contributed by atoms with E-state index in [9.17, 15) is 10.2 Å². The third-order valence-corrected chi connectivity index (χ3v) is 6.94. The Morgan fingerprint density at radius 3 is 1.28 bits per heavy atom. The van der Waals surface area contributed by atoms with Gasteiger partial charge in [0.15, 0.2) is 11.5 Å². The molecule has 0 aromatic heterocycles. The molecule has 0 amide bonds. The summed E-state index contributed by atoms with van der Waals surface area (Å²) >= 11 is 0. The first-order chi connectivity index (χ1) is 15.7. The predicted molar refractivity (Wildman–Crippen MR) is 141 cm³/mol. The van der Waals surface area contributed by atoms with Crippen molar-refractivity contribution in [1.82, 2.24) is 0 Å². The van der Waals surface area contributed by atoms with Gasteiger partial charge in [-0.25, -0.2) is 0 Å². The topological polar surface area (TPSA) is 40.5 Å².